The number of aromatic amines is 1. The lowest BCUT2D eigenvalue weighted by atomic mass is 10.0. The zero-order valence-corrected chi connectivity index (χ0v) is 20.7. The van der Waals surface area contributed by atoms with Gasteiger partial charge in [0.05, 0.1) is 24.5 Å². The molecule has 3 aromatic heterocycles. The van der Waals surface area contributed by atoms with E-state index in [9.17, 15) is 4.79 Å². The maximum absolute atomic E-state index is 13.6. The van der Waals surface area contributed by atoms with Crippen LogP contribution in [0.5, 0.6) is 0 Å². The number of nitrogens with one attached hydrogen (secondary N) is 1. The van der Waals surface area contributed by atoms with Gasteiger partial charge >= 0.3 is 0 Å². The van der Waals surface area contributed by atoms with Crippen LogP contribution in [0.15, 0.2) is 51.9 Å². The Bertz CT molecular complexity index is 1350. The third kappa shape index (κ3) is 4.92. The molecule has 0 spiro atoms. The highest BCUT2D eigenvalue weighted by Gasteiger charge is 2.35. The fraction of sp³-hybridized carbons (Fsp3) is 0.462. The number of aromatic nitrogens is 5. The van der Waals surface area contributed by atoms with Gasteiger partial charge in [0.25, 0.3) is 5.56 Å². The number of fused-ring (bicyclic) bond motifs is 1. The Hall–Kier alpha value is -3.30. The van der Waals surface area contributed by atoms with Crippen LogP contribution in [0.3, 0.4) is 0 Å². The topological polar surface area (TPSA) is 102 Å². The summed E-state index contributed by atoms with van der Waals surface area (Å²) in [6.45, 7) is 10.0. The predicted octanol–water partition coefficient (Wildman–Crippen LogP) is 3.94. The molecule has 4 aromatic rings. The Balaban J connectivity index is 1.69. The molecular weight excluding hydrogens is 444 g/mol. The van der Waals surface area contributed by atoms with Crippen LogP contribution in [0.4, 0.5) is 0 Å². The largest absolute Gasteiger partial charge is 0.468 e. The minimum atomic E-state index is -0.507. The second-order valence-corrected chi connectivity index (χ2v) is 10.3. The van der Waals surface area contributed by atoms with E-state index in [1.54, 1.807) is 10.9 Å². The summed E-state index contributed by atoms with van der Waals surface area (Å²) in [6.07, 6.45) is 3.73. The maximum atomic E-state index is 13.6. The van der Waals surface area contributed by atoms with E-state index >= 15 is 0 Å². The summed E-state index contributed by atoms with van der Waals surface area (Å²) >= 11 is 0. The second kappa shape index (κ2) is 9.39. The molecule has 1 saturated heterocycles. The van der Waals surface area contributed by atoms with Crippen LogP contribution in [0.25, 0.3) is 10.9 Å². The average molecular weight is 477 g/mol. The van der Waals surface area contributed by atoms with Gasteiger partial charge in [-0.1, -0.05) is 12.1 Å². The number of H-pyrrole nitrogens is 1. The molecule has 184 valence electrons. The van der Waals surface area contributed by atoms with Crippen molar-refractivity contribution in [2.75, 3.05) is 13.2 Å². The summed E-state index contributed by atoms with van der Waals surface area (Å²) in [7, 11) is 0. The number of furan rings is 1. The van der Waals surface area contributed by atoms with Crippen molar-refractivity contribution in [3.63, 3.8) is 0 Å². The smallest absolute Gasteiger partial charge is 0.253 e. The molecule has 5 rings (SSSR count). The minimum absolute atomic E-state index is 0.0635. The third-order valence-corrected chi connectivity index (χ3v) is 6.46. The van der Waals surface area contributed by atoms with Crippen molar-refractivity contribution in [2.24, 2.45) is 0 Å². The average Bonchev–Trinajstić information content (AvgIpc) is 3.57. The summed E-state index contributed by atoms with van der Waals surface area (Å²) < 4.78 is 13.5. The zero-order chi connectivity index (χ0) is 24.6. The Labute approximate surface area is 204 Å². The highest BCUT2D eigenvalue weighted by Crippen LogP contribution is 2.32. The zero-order valence-electron chi connectivity index (χ0n) is 20.7. The van der Waals surface area contributed by atoms with Crippen LogP contribution >= 0.6 is 0 Å². The molecule has 9 heteroatoms. The summed E-state index contributed by atoms with van der Waals surface area (Å²) in [5.74, 6) is 1.41. The van der Waals surface area contributed by atoms with Gasteiger partial charge in [-0.25, -0.2) is 4.68 Å². The van der Waals surface area contributed by atoms with Gasteiger partial charge in [0.2, 0.25) is 0 Å². The van der Waals surface area contributed by atoms with Gasteiger partial charge in [-0.3, -0.25) is 9.69 Å². The molecule has 1 N–H and O–H groups in total. The van der Waals surface area contributed by atoms with E-state index in [4.69, 9.17) is 9.15 Å². The standard InChI is InChI=1S/C26H32N6O3/c1-17-9-10-18-14-21(25(33)27-22(18)13-17)23(24-28-29-30-32(24)26(2,3)4)31(15-19-7-5-11-34-19)16-20-8-6-12-35-20/h5,7,9-11,13-14,20,23H,6,8,12,15-16H2,1-4H3,(H,27,33). The van der Waals surface area contributed by atoms with Crippen LogP contribution < -0.4 is 5.56 Å². The summed E-state index contributed by atoms with van der Waals surface area (Å²) in [6, 6.07) is 11.3. The van der Waals surface area contributed by atoms with E-state index in [0.717, 1.165) is 41.7 Å². The highest BCUT2D eigenvalue weighted by molar-refractivity contribution is 5.79. The number of tetrazole rings is 1. The molecular formula is C26H32N6O3. The molecule has 9 nitrogen and oxygen atoms in total. The van der Waals surface area contributed by atoms with Crippen molar-refractivity contribution in [1.29, 1.82) is 0 Å². The predicted molar refractivity (Wildman–Crippen MR) is 132 cm³/mol. The second-order valence-electron chi connectivity index (χ2n) is 10.3. The first-order chi connectivity index (χ1) is 16.8. The van der Waals surface area contributed by atoms with E-state index in [1.807, 2.05) is 64.1 Å². The lowest BCUT2D eigenvalue weighted by Crippen LogP contribution is -2.40. The Morgan fingerprint density at radius 2 is 2.11 bits per heavy atom. The van der Waals surface area contributed by atoms with Crippen LogP contribution in [-0.4, -0.2) is 49.3 Å². The SMILES string of the molecule is Cc1ccc2cc(C(c3nnnn3C(C)(C)C)N(Cc3ccco3)CC3CCCO3)c(=O)[nH]c2c1. The minimum Gasteiger partial charge on any atom is -0.468 e. The molecule has 0 saturated carbocycles. The van der Waals surface area contributed by atoms with E-state index in [1.165, 1.54) is 0 Å². The van der Waals surface area contributed by atoms with Crippen molar-refractivity contribution < 1.29 is 9.15 Å². The summed E-state index contributed by atoms with van der Waals surface area (Å²) in [5.41, 5.74) is 1.95. The third-order valence-electron chi connectivity index (χ3n) is 6.46. The van der Waals surface area contributed by atoms with Gasteiger partial charge in [0.15, 0.2) is 5.82 Å². The monoisotopic (exact) mass is 476 g/mol. The Kier molecular flexibility index (Phi) is 6.29. The van der Waals surface area contributed by atoms with Crippen LogP contribution in [0.1, 0.15) is 62.4 Å². The number of benzene rings is 1. The first kappa shape index (κ1) is 23.4. The van der Waals surface area contributed by atoms with Crippen LogP contribution in [0, 0.1) is 6.92 Å². The first-order valence-corrected chi connectivity index (χ1v) is 12.1. The van der Waals surface area contributed by atoms with E-state index in [-0.39, 0.29) is 17.2 Å². The molecule has 0 amide bonds. The number of rotatable bonds is 7. The van der Waals surface area contributed by atoms with E-state index in [0.29, 0.717) is 24.5 Å². The number of pyridine rings is 1. The number of hydrogen-bond donors (Lipinski definition) is 1. The normalized spacial score (nSPS) is 17.5. The number of hydrogen-bond acceptors (Lipinski definition) is 7. The number of nitrogens with zero attached hydrogens (tertiary/aromatic N) is 5. The summed E-state index contributed by atoms with van der Waals surface area (Å²) in [4.78, 5) is 18.9. The molecule has 0 bridgehead atoms. The van der Waals surface area contributed by atoms with Crippen molar-refractivity contribution in [3.05, 3.63) is 75.7 Å². The maximum Gasteiger partial charge on any atom is 0.253 e. The number of aryl methyl sites for hydroxylation is 1. The van der Waals surface area contributed by atoms with Gasteiger partial charge < -0.3 is 14.1 Å². The summed E-state index contributed by atoms with van der Waals surface area (Å²) in [5, 5.41) is 13.7. The molecule has 1 aliphatic rings. The fourth-order valence-electron chi connectivity index (χ4n) is 4.79. The molecule has 1 fully saturated rings. The molecule has 0 aliphatic carbocycles. The molecule has 35 heavy (non-hydrogen) atoms. The number of ether oxygens (including phenoxy) is 1. The molecule has 0 radical (unpaired) electrons. The molecule has 1 aromatic carbocycles. The van der Waals surface area contributed by atoms with Crippen molar-refractivity contribution >= 4 is 10.9 Å². The lowest BCUT2D eigenvalue weighted by Gasteiger charge is -2.33. The van der Waals surface area contributed by atoms with Gasteiger partial charge in [-0.15, -0.1) is 5.10 Å². The Morgan fingerprint density at radius 1 is 1.26 bits per heavy atom. The van der Waals surface area contributed by atoms with Gasteiger partial charge in [0.1, 0.15) is 11.8 Å². The first-order valence-electron chi connectivity index (χ1n) is 12.1. The van der Waals surface area contributed by atoms with Crippen molar-refractivity contribution in [3.8, 4) is 0 Å². The van der Waals surface area contributed by atoms with Gasteiger partial charge in [0, 0.05) is 24.2 Å². The molecule has 4 heterocycles. The lowest BCUT2D eigenvalue weighted by molar-refractivity contribution is 0.0536. The molecule has 1 aliphatic heterocycles. The molecule has 2 unspecified atom stereocenters. The van der Waals surface area contributed by atoms with Gasteiger partial charge in [-0.05, 0) is 86.2 Å². The van der Waals surface area contributed by atoms with Gasteiger partial charge in [-0.2, -0.15) is 0 Å². The highest BCUT2D eigenvalue weighted by atomic mass is 16.5. The molecule has 2 atom stereocenters. The van der Waals surface area contributed by atoms with Crippen molar-refractivity contribution in [2.45, 2.75) is 64.8 Å². The van der Waals surface area contributed by atoms with Crippen LogP contribution in [-0.2, 0) is 16.8 Å². The quantitative estimate of drug-likeness (QED) is 0.431. The van der Waals surface area contributed by atoms with E-state index in [2.05, 4.69) is 25.4 Å². The van der Waals surface area contributed by atoms with E-state index < -0.39 is 6.04 Å². The Morgan fingerprint density at radius 3 is 2.83 bits per heavy atom. The fourth-order valence-corrected chi connectivity index (χ4v) is 4.79. The van der Waals surface area contributed by atoms with Crippen LogP contribution in [0.2, 0.25) is 0 Å². The van der Waals surface area contributed by atoms with Crippen molar-refractivity contribution in [1.82, 2.24) is 30.1 Å².